The first-order chi connectivity index (χ1) is 11.3. The number of anilines is 1. The molecule has 112 valence electrons. The summed E-state index contributed by atoms with van der Waals surface area (Å²) in [5.74, 6) is 0.381. The van der Waals surface area contributed by atoms with E-state index in [1.807, 2.05) is 54.6 Å². The number of imidazole rings is 1. The number of rotatable bonds is 2. The summed E-state index contributed by atoms with van der Waals surface area (Å²) >= 11 is 0. The van der Waals surface area contributed by atoms with Gasteiger partial charge in [0.2, 0.25) is 0 Å². The smallest absolute Gasteiger partial charge is 0.338 e. The van der Waals surface area contributed by atoms with Crippen LogP contribution in [0.25, 0.3) is 22.4 Å². The Balaban J connectivity index is 2.11. The summed E-state index contributed by atoms with van der Waals surface area (Å²) < 4.78 is 3.35. The van der Waals surface area contributed by atoms with E-state index in [-0.39, 0.29) is 5.69 Å². The Labute approximate surface area is 132 Å². The van der Waals surface area contributed by atoms with Crippen molar-refractivity contribution in [3.63, 3.8) is 0 Å². The lowest BCUT2D eigenvalue weighted by Crippen LogP contribution is -2.22. The molecule has 0 bridgehead atoms. The second-order valence-electron chi connectivity index (χ2n) is 5.22. The molecule has 0 atom stereocenters. The van der Waals surface area contributed by atoms with Gasteiger partial charge in [-0.1, -0.05) is 30.3 Å². The second-order valence-corrected chi connectivity index (χ2v) is 5.22. The number of nitrogens with zero attached hydrogens (tertiary/aromatic N) is 3. The summed E-state index contributed by atoms with van der Waals surface area (Å²) in [6.45, 7) is 0. The zero-order valence-electron chi connectivity index (χ0n) is 12.3. The van der Waals surface area contributed by atoms with Gasteiger partial charge < -0.3 is 5.73 Å². The molecule has 4 aromatic rings. The Morgan fingerprint density at radius 1 is 0.783 bits per heavy atom. The molecule has 2 aromatic heterocycles. The number of aromatic nitrogens is 3. The minimum Gasteiger partial charge on any atom is -0.384 e. The first-order valence-corrected chi connectivity index (χ1v) is 7.25. The zero-order valence-corrected chi connectivity index (χ0v) is 12.3. The quantitative estimate of drug-likeness (QED) is 0.619. The minimum atomic E-state index is -0.136. The fourth-order valence-electron chi connectivity index (χ4n) is 2.80. The van der Waals surface area contributed by atoms with Gasteiger partial charge in [0.1, 0.15) is 5.82 Å². The predicted octanol–water partition coefficient (Wildman–Crippen LogP) is 2.76. The molecule has 2 N–H and O–H groups in total. The van der Waals surface area contributed by atoms with Crippen molar-refractivity contribution in [2.75, 3.05) is 5.73 Å². The average molecular weight is 302 g/mol. The maximum Gasteiger partial charge on any atom is 0.338 e. The van der Waals surface area contributed by atoms with Crippen LogP contribution in [0.5, 0.6) is 0 Å². The van der Waals surface area contributed by atoms with Gasteiger partial charge in [0, 0.05) is 12.3 Å². The van der Waals surface area contributed by atoms with Gasteiger partial charge in [0.05, 0.1) is 22.4 Å². The number of para-hydroxylation sites is 3. The highest BCUT2D eigenvalue weighted by Gasteiger charge is 2.15. The molecule has 23 heavy (non-hydrogen) atoms. The van der Waals surface area contributed by atoms with E-state index in [0.29, 0.717) is 11.5 Å². The van der Waals surface area contributed by atoms with Crippen molar-refractivity contribution in [1.29, 1.82) is 0 Å². The Morgan fingerprint density at radius 2 is 1.39 bits per heavy atom. The molecule has 0 saturated carbocycles. The van der Waals surface area contributed by atoms with E-state index in [1.165, 1.54) is 0 Å². The molecule has 0 saturated heterocycles. The van der Waals surface area contributed by atoms with Crippen molar-refractivity contribution in [2.24, 2.45) is 0 Å². The third-order valence-electron chi connectivity index (χ3n) is 3.78. The van der Waals surface area contributed by atoms with E-state index in [2.05, 4.69) is 4.98 Å². The maximum absolute atomic E-state index is 13.1. The molecule has 4 rings (SSSR count). The molecule has 5 heteroatoms. The Hall–Kier alpha value is -3.34. The van der Waals surface area contributed by atoms with Gasteiger partial charge in [-0.2, -0.15) is 0 Å². The Morgan fingerprint density at radius 3 is 2.04 bits per heavy atom. The van der Waals surface area contributed by atoms with Crippen LogP contribution in [0, 0.1) is 0 Å². The van der Waals surface area contributed by atoms with Gasteiger partial charge in [-0.3, -0.25) is 9.13 Å². The van der Waals surface area contributed by atoms with Crippen molar-refractivity contribution >= 4 is 16.9 Å². The van der Waals surface area contributed by atoms with Gasteiger partial charge in [0.15, 0.2) is 0 Å². The van der Waals surface area contributed by atoms with Crippen molar-refractivity contribution in [1.82, 2.24) is 14.1 Å². The molecule has 0 aliphatic rings. The zero-order chi connectivity index (χ0) is 15.8. The average Bonchev–Trinajstić information content (AvgIpc) is 2.87. The van der Waals surface area contributed by atoms with Crippen LogP contribution in [0.3, 0.4) is 0 Å². The molecule has 2 aromatic carbocycles. The molecular weight excluding hydrogens is 288 g/mol. The van der Waals surface area contributed by atoms with E-state index in [0.717, 1.165) is 16.7 Å². The van der Waals surface area contributed by atoms with E-state index >= 15 is 0 Å². The highest BCUT2D eigenvalue weighted by molar-refractivity contribution is 5.80. The first-order valence-electron chi connectivity index (χ1n) is 7.25. The minimum absolute atomic E-state index is 0.136. The first kappa shape index (κ1) is 13.3. The van der Waals surface area contributed by atoms with Gasteiger partial charge in [-0.05, 0) is 30.3 Å². The number of fused-ring (bicyclic) bond motifs is 1. The van der Waals surface area contributed by atoms with Gasteiger partial charge >= 0.3 is 5.69 Å². The van der Waals surface area contributed by atoms with Crippen LogP contribution in [0.15, 0.2) is 77.7 Å². The molecule has 0 spiro atoms. The molecule has 0 radical (unpaired) electrons. The molecule has 0 unspecified atom stereocenters. The second kappa shape index (κ2) is 5.14. The standard InChI is InChI=1S/C18H14N4O/c19-17-12-14(10-11-20-17)22-16-9-5-4-8-15(16)21(18(22)23)13-6-2-1-3-7-13/h1-12H,(H2,19,20). The molecule has 2 heterocycles. The van der Waals surface area contributed by atoms with E-state index in [1.54, 1.807) is 27.5 Å². The van der Waals surface area contributed by atoms with Crippen molar-refractivity contribution in [3.8, 4) is 11.4 Å². The van der Waals surface area contributed by atoms with Crippen LogP contribution >= 0.6 is 0 Å². The summed E-state index contributed by atoms with van der Waals surface area (Å²) in [5, 5.41) is 0. The number of benzene rings is 2. The largest absolute Gasteiger partial charge is 0.384 e. The Kier molecular flexibility index (Phi) is 2.98. The third kappa shape index (κ3) is 2.10. The SMILES string of the molecule is Nc1cc(-n2c(=O)n(-c3ccccc3)c3ccccc32)ccn1. The molecule has 0 fully saturated rings. The lowest BCUT2D eigenvalue weighted by Gasteiger charge is -2.03. The van der Waals surface area contributed by atoms with E-state index in [4.69, 9.17) is 5.73 Å². The Bertz CT molecular complexity index is 1050. The highest BCUT2D eigenvalue weighted by Crippen LogP contribution is 2.21. The lowest BCUT2D eigenvalue weighted by atomic mass is 10.2. The van der Waals surface area contributed by atoms with Crippen LogP contribution in [-0.2, 0) is 0 Å². The van der Waals surface area contributed by atoms with E-state index in [9.17, 15) is 4.79 Å². The number of hydrogen-bond donors (Lipinski definition) is 1. The molecule has 0 aliphatic heterocycles. The number of pyridine rings is 1. The van der Waals surface area contributed by atoms with Crippen LogP contribution in [-0.4, -0.2) is 14.1 Å². The predicted molar refractivity (Wildman–Crippen MR) is 91.1 cm³/mol. The van der Waals surface area contributed by atoms with Crippen LogP contribution in [0.2, 0.25) is 0 Å². The lowest BCUT2D eigenvalue weighted by molar-refractivity contribution is 0.929. The fourth-order valence-corrected chi connectivity index (χ4v) is 2.80. The maximum atomic E-state index is 13.1. The number of nitrogens with two attached hydrogens (primary N) is 1. The van der Waals surface area contributed by atoms with Crippen molar-refractivity contribution in [3.05, 3.63) is 83.4 Å². The molecular formula is C18H14N4O. The summed E-state index contributed by atoms with van der Waals surface area (Å²) in [6.07, 6.45) is 1.60. The van der Waals surface area contributed by atoms with Gasteiger partial charge in [-0.25, -0.2) is 9.78 Å². The number of nitrogen functional groups attached to an aromatic ring is 1. The summed E-state index contributed by atoms with van der Waals surface area (Å²) in [5.41, 5.74) is 8.84. The third-order valence-corrected chi connectivity index (χ3v) is 3.78. The van der Waals surface area contributed by atoms with Gasteiger partial charge in [0.25, 0.3) is 0 Å². The van der Waals surface area contributed by atoms with E-state index < -0.39 is 0 Å². The fraction of sp³-hybridized carbons (Fsp3) is 0. The monoisotopic (exact) mass is 302 g/mol. The van der Waals surface area contributed by atoms with Gasteiger partial charge in [-0.15, -0.1) is 0 Å². The summed E-state index contributed by atoms with van der Waals surface area (Å²) in [7, 11) is 0. The van der Waals surface area contributed by atoms with Crippen LogP contribution < -0.4 is 11.4 Å². The number of hydrogen-bond acceptors (Lipinski definition) is 3. The molecule has 5 nitrogen and oxygen atoms in total. The normalized spacial score (nSPS) is 11.0. The highest BCUT2D eigenvalue weighted by atomic mass is 16.1. The molecule has 0 aliphatic carbocycles. The van der Waals surface area contributed by atoms with Crippen molar-refractivity contribution < 1.29 is 0 Å². The van der Waals surface area contributed by atoms with Crippen LogP contribution in [0.1, 0.15) is 0 Å². The van der Waals surface area contributed by atoms with Crippen molar-refractivity contribution in [2.45, 2.75) is 0 Å². The summed E-state index contributed by atoms with van der Waals surface area (Å²) in [4.78, 5) is 17.1. The summed E-state index contributed by atoms with van der Waals surface area (Å²) in [6, 6.07) is 20.8. The topological polar surface area (TPSA) is 65.8 Å². The van der Waals surface area contributed by atoms with Crippen LogP contribution in [0.4, 0.5) is 5.82 Å². The molecule has 0 amide bonds.